The maximum atomic E-state index is 14.1. The SMILES string of the molecule is COc1cc(OC(F)(F)F)ccc1CN1CCCCC[C@](O)(C(F)(F)F)c2nnc(o2)-c2nc(c(C(F)(F)F)cc2N)C1=O. The van der Waals surface area contributed by atoms with Crippen molar-refractivity contribution < 1.29 is 63.3 Å². The molecule has 3 N–H and O–H groups in total. The second-order valence-electron chi connectivity index (χ2n) is 9.65. The number of nitrogens with zero attached hydrogens (tertiary/aromatic N) is 4. The molecule has 1 aliphatic heterocycles. The van der Waals surface area contributed by atoms with Crippen LogP contribution in [0.2, 0.25) is 0 Å². The van der Waals surface area contributed by atoms with Crippen molar-refractivity contribution in [3.8, 4) is 23.1 Å². The summed E-state index contributed by atoms with van der Waals surface area (Å²) < 4.78 is 136. The van der Waals surface area contributed by atoms with Crippen molar-refractivity contribution in [1.29, 1.82) is 0 Å². The minimum atomic E-state index is -5.29. The number of hydrogen-bond acceptors (Lipinski definition) is 9. The van der Waals surface area contributed by atoms with Gasteiger partial charge in [0, 0.05) is 24.7 Å². The molecule has 0 spiro atoms. The zero-order valence-electron chi connectivity index (χ0n) is 22.4. The Bertz CT molecular complexity index is 1520. The molecule has 4 bridgehead atoms. The number of halogens is 9. The number of rotatable bonds is 4. The lowest BCUT2D eigenvalue weighted by Gasteiger charge is -2.28. The second-order valence-corrected chi connectivity index (χ2v) is 9.65. The Labute approximate surface area is 241 Å². The van der Waals surface area contributed by atoms with Crippen LogP contribution in [0.15, 0.2) is 28.7 Å². The van der Waals surface area contributed by atoms with E-state index in [2.05, 4.69) is 19.9 Å². The summed E-state index contributed by atoms with van der Waals surface area (Å²) in [6.07, 6.45) is -16.9. The van der Waals surface area contributed by atoms with E-state index in [0.29, 0.717) is 6.07 Å². The molecule has 0 unspecified atom stereocenters. The Morgan fingerprint density at radius 3 is 2.34 bits per heavy atom. The van der Waals surface area contributed by atoms with E-state index in [1.165, 1.54) is 0 Å². The van der Waals surface area contributed by atoms with E-state index >= 15 is 0 Å². The maximum absolute atomic E-state index is 14.1. The Morgan fingerprint density at radius 2 is 1.73 bits per heavy atom. The fourth-order valence-corrected chi connectivity index (χ4v) is 4.46. The van der Waals surface area contributed by atoms with Crippen molar-refractivity contribution in [3.05, 3.63) is 47.0 Å². The van der Waals surface area contributed by atoms with E-state index in [1.54, 1.807) is 0 Å². The van der Waals surface area contributed by atoms with E-state index in [4.69, 9.17) is 14.9 Å². The molecular weight excluding hydrogens is 621 g/mol. The Hall–Kier alpha value is -4.29. The van der Waals surface area contributed by atoms with Gasteiger partial charge >= 0.3 is 18.7 Å². The number of benzene rings is 1. The van der Waals surface area contributed by atoms with Gasteiger partial charge in [-0.15, -0.1) is 23.4 Å². The summed E-state index contributed by atoms with van der Waals surface area (Å²) in [5.41, 5.74) is -2.20. The molecule has 0 saturated heterocycles. The summed E-state index contributed by atoms with van der Waals surface area (Å²) in [5.74, 6) is -4.38. The van der Waals surface area contributed by atoms with Gasteiger partial charge in [0.1, 0.15) is 17.2 Å². The summed E-state index contributed by atoms with van der Waals surface area (Å²) in [5, 5.41) is 17.1. The number of carbonyl (C=O) groups is 1. The van der Waals surface area contributed by atoms with Crippen molar-refractivity contribution in [2.45, 2.75) is 56.5 Å². The molecule has 19 heteroatoms. The summed E-state index contributed by atoms with van der Waals surface area (Å²) in [6.45, 7) is -0.867. The number of amides is 1. The standard InChI is InChI=1S/C25H22F9N5O5/c1-42-16-9-13(44-25(32,33)34)6-5-12(16)11-39-8-4-2-3-7-22(41,24(29,30)31)21-38-37-19(43-21)18-15(35)10-14(23(26,27)28)17(36-18)20(39)40/h5-6,9-10,41H,2-4,7-8,11,35H2,1H3/t22-/m1/s1. The van der Waals surface area contributed by atoms with Crippen LogP contribution in [0.25, 0.3) is 11.6 Å². The van der Waals surface area contributed by atoms with E-state index in [9.17, 15) is 49.4 Å². The van der Waals surface area contributed by atoms with Crippen molar-refractivity contribution in [3.63, 3.8) is 0 Å². The highest BCUT2D eigenvalue weighted by Gasteiger charge is 2.58. The van der Waals surface area contributed by atoms with Gasteiger partial charge in [-0.2, -0.15) is 26.3 Å². The molecule has 240 valence electrons. The molecular formula is C25H22F9N5O5. The molecule has 2 aromatic heterocycles. The third kappa shape index (κ3) is 6.76. The highest BCUT2D eigenvalue weighted by Crippen LogP contribution is 2.44. The Kier molecular flexibility index (Phi) is 8.64. The number of carbonyl (C=O) groups excluding carboxylic acids is 1. The van der Waals surface area contributed by atoms with Crippen LogP contribution in [0.3, 0.4) is 0 Å². The molecule has 0 fully saturated rings. The van der Waals surface area contributed by atoms with Gasteiger partial charge < -0.3 is 29.6 Å². The molecule has 3 aromatic rings. The summed E-state index contributed by atoms with van der Waals surface area (Å²) in [4.78, 5) is 18.2. The molecule has 3 heterocycles. The second kappa shape index (κ2) is 11.7. The first-order valence-electron chi connectivity index (χ1n) is 12.6. The first kappa shape index (κ1) is 32.6. The van der Waals surface area contributed by atoms with Crippen LogP contribution in [-0.2, 0) is 18.3 Å². The minimum absolute atomic E-state index is 0.0497. The molecule has 0 aliphatic carbocycles. The number of ether oxygens (including phenoxy) is 2. The van der Waals surface area contributed by atoms with Crippen LogP contribution in [0.1, 0.15) is 53.2 Å². The number of aliphatic hydroxyl groups is 1. The zero-order valence-corrected chi connectivity index (χ0v) is 22.4. The topological polar surface area (TPSA) is 137 Å². The maximum Gasteiger partial charge on any atom is 0.573 e. The molecule has 0 saturated carbocycles. The molecule has 1 amide bonds. The van der Waals surface area contributed by atoms with E-state index in [1.807, 2.05) is 0 Å². The molecule has 1 atom stereocenters. The molecule has 10 nitrogen and oxygen atoms in total. The number of pyridine rings is 1. The molecule has 44 heavy (non-hydrogen) atoms. The number of alkyl halides is 9. The van der Waals surface area contributed by atoms with Gasteiger partial charge in [-0.1, -0.05) is 6.42 Å². The van der Waals surface area contributed by atoms with Crippen molar-refractivity contribution in [2.24, 2.45) is 0 Å². The number of nitrogen functional groups attached to an aromatic ring is 1. The highest BCUT2D eigenvalue weighted by molar-refractivity contribution is 5.95. The van der Waals surface area contributed by atoms with Crippen LogP contribution in [-0.4, -0.2) is 57.3 Å². The van der Waals surface area contributed by atoms with Gasteiger partial charge in [-0.25, -0.2) is 4.98 Å². The van der Waals surface area contributed by atoms with Gasteiger partial charge in [-0.3, -0.25) is 4.79 Å². The summed E-state index contributed by atoms with van der Waals surface area (Å²) in [7, 11) is 1.09. The van der Waals surface area contributed by atoms with E-state index in [-0.39, 0.29) is 37.1 Å². The predicted molar refractivity (Wildman–Crippen MR) is 130 cm³/mol. The first-order valence-corrected chi connectivity index (χ1v) is 12.6. The fourth-order valence-electron chi connectivity index (χ4n) is 4.46. The minimum Gasteiger partial charge on any atom is -0.496 e. The van der Waals surface area contributed by atoms with Crippen LogP contribution in [0.5, 0.6) is 11.5 Å². The van der Waals surface area contributed by atoms with Crippen molar-refractivity contribution in [1.82, 2.24) is 20.1 Å². The van der Waals surface area contributed by atoms with Crippen molar-refractivity contribution in [2.75, 3.05) is 19.4 Å². The number of aromatic nitrogens is 3. The van der Waals surface area contributed by atoms with E-state index in [0.717, 1.165) is 30.2 Å². The summed E-state index contributed by atoms with van der Waals surface area (Å²) >= 11 is 0. The predicted octanol–water partition coefficient (Wildman–Crippen LogP) is 5.61. The van der Waals surface area contributed by atoms with Gasteiger partial charge in [0.05, 0.1) is 18.4 Å². The van der Waals surface area contributed by atoms with Gasteiger partial charge in [-0.05, 0) is 37.5 Å². The Morgan fingerprint density at radius 1 is 1.02 bits per heavy atom. The quantitative estimate of drug-likeness (QED) is 0.348. The van der Waals surface area contributed by atoms with Crippen LogP contribution >= 0.6 is 0 Å². The number of fused-ring (bicyclic) bond motifs is 5. The van der Waals surface area contributed by atoms with Crippen LogP contribution < -0.4 is 15.2 Å². The van der Waals surface area contributed by atoms with Crippen LogP contribution in [0.4, 0.5) is 45.2 Å². The highest BCUT2D eigenvalue weighted by atomic mass is 19.4. The number of anilines is 1. The smallest absolute Gasteiger partial charge is 0.496 e. The lowest BCUT2D eigenvalue weighted by molar-refractivity contribution is -0.277. The normalized spacial score (nSPS) is 18.6. The van der Waals surface area contributed by atoms with Crippen LogP contribution in [0, 0.1) is 0 Å². The van der Waals surface area contributed by atoms with Gasteiger partial charge in [0.2, 0.25) is 5.60 Å². The summed E-state index contributed by atoms with van der Waals surface area (Å²) in [6, 6.07) is 3.16. The largest absolute Gasteiger partial charge is 0.573 e. The lowest BCUT2D eigenvalue weighted by Crippen LogP contribution is -2.42. The number of nitrogens with two attached hydrogens (primary N) is 1. The molecule has 0 radical (unpaired) electrons. The third-order valence-corrected chi connectivity index (χ3v) is 6.62. The van der Waals surface area contributed by atoms with Gasteiger partial charge in [0.15, 0.2) is 5.69 Å². The van der Waals surface area contributed by atoms with Crippen molar-refractivity contribution >= 4 is 11.6 Å². The van der Waals surface area contributed by atoms with E-state index < -0.39 is 83.4 Å². The molecule has 1 aliphatic rings. The average Bonchev–Trinajstić information content (AvgIpc) is 3.40. The first-order chi connectivity index (χ1) is 20.3. The number of hydrogen-bond donors (Lipinski definition) is 2. The molecule has 4 rings (SSSR count). The third-order valence-electron chi connectivity index (χ3n) is 6.62. The average molecular weight is 643 g/mol. The molecule has 1 aromatic carbocycles. The zero-order chi connectivity index (χ0) is 32.7. The van der Waals surface area contributed by atoms with Gasteiger partial charge in [0.25, 0.3) is 17.7 Å². The Balaban J connectivity index is 1.83. The number of methoxy groups -OCH3 is 1. The monoisotopic (exact) mass is 643 g/mol. The fraction of sp³-hybridized carbons (Fsp3) is 0.440. The lowest BCUT2D eigenvalue weighted by atomic mass is 9.95.